The predicted molar refractivity (Wildman–Crippen MR) is 93.4 cm³/mol. The smallest absolute Gasteiger partial charge is 0.406 e. The van der Waals surface area contributed by atoms with E-state index in [4.69, 9.17) is 0 Å². The Morgan fingerprint density at radius 1 is 1.20 bits per heavy atom. The van der Waals surface area contributed by atoms with Crippen LogP contribution in [-0.4, -0.2) is 27.3 Å². The third-order valence-electron chi connectivity index (χ3n) is 4.03. The topological polar surface area (TPSA) is 86.1 Å². The quantitative estimate of drug-likeness (QED) is 0.632. The minimum Gasteiger partial charge on any atom is -0.406 e. The highest BCUT2D eigenvalue weighted by molar-refractivity contribution is 5.78. The van der Waals surface area contributed by atoms with E-state index in [9.17, 15) is 31.5 Å². The van der Waals surface area contributed by atoms with Crippen molar-refractivity contribution >= 4 is 16.8 Å². The van der Waals surface area contributed by atoms with Crippen LogP contribution in [0.1, 0.15) is 18.5 Å². The molecule has 0 aliphatic rings. The second kappa shape index (κ2) is 8.05. The standard InChI is InChI=1S/C18H13F5N4O3/c1-9(12-4-3-11(7-14(12)20)30-18(21,22)23)24-16(28)8-27-17(29)13-6-10(19)2-5-15(13)25-26-27/h2-7,9H,8H2,1H3,(H,24,28)/t9-/m0/s1. The zero-order chi connectivity index (χ0) is 22.1. The van der Waals surface area contributed by atoms with Crippen LogP contribution in [0.2, 0.25) is 0 Å². The zero-order valence-corrected chi connectivity index (χ0v) is 15.2. The first-order valence-corrected chi connectivity index (χ1v) is 8.41. The SMILES string of the molecule is C[C@H](NC(=O)Cn1nnc2ccc(F)cc2c1=O)c1ccc(OC(F)(F)F)cc1F. The summed E-state index contributed by atoms with van der Waals surface area (Å²) in [4.78, 5) is 24.5. The molecule has 0 radical (unpaired) electrons. The van der Waals surface area contributed by atoms with Crippen LogP contribution in [-0.2, 0) is 11.3 Å². The van der Waals surface area contributed by atoms with Crippen molar-refractivity contribution < 1.29 is 31.5 Å². The summed E-state index contributed by atoms with van der Waals surface area (Å²) in [5.41, 5.74) is -0.700. The molecule has 1 aromatic heterocycles. The molecule has 0 saturated carbocycles. The van der Waals surface area contributed by atoms with Gasteiger partial charge < -0.3 is 10.1 Å². The molecule has 0 aliphatic heterocycles. The zero-order valence-electron chi connectivity index (χ0n) is 15.2. The number of fused-ring (bicyclic) bond motifs is 1. The molecule has 1 atom stereocenters. The van der Waals surface area contributed by atoms with Crippen LogP contribution in [0.3, 0.4) is 0 Å². The fraction of sp³-hybridized carbons (Fsp3) is 0.222. The molecule has 2 aromatic carbocycles. The number of alkyl halides is 3. The van der Waals surface area contributed by atoms with Crippen molar-refractivity contribution in [1.29, 1.82) is 0 Å². The fourth-order valence-electron chi connectivity index (χ4n) is 2.71. The first-order valence-electron chi connectivity index (χ1n) is 8.41. The molecule has 0 spiro atoms. The number of benzene rings is 2. The maximum absolute atomic E-state index is 14.1. The van der Waals surface area contributed by atoms with Gasteiger partial charge in [-0.3, -0.25) is 9.59 Å². The molecular weight excluding hydrogens is 415 g/mol. The number of carbonyl (C=O) groups is 1. The molecule has 30 heavy (non-hydrogen) atoms. The average molecular weight is 428 g/mol. The first-order chi connectivity index (χ1) is 14.0. The summed E-state index contributed by atoms with van der Waals surface area (Å²) in [6.07, 6.45) is -4.97. The number of nitrogens with one attached hydrogen (secondary N) is 1. The Hall–Kier alpha value is -3.57. The minimum atomic E-state index is -4.97. The predicted octanol–water partition coefficient (Wildman–Crippen LogP) is 2.85. The lowest BCUT2D eigenvalue weighted by molar-refractivity contribution is -0.274. The van der Waals surface area contributed by atoms with Crippen molar-refractivity contribution in [3.05, 3.63) is 63.9 Å². The van der Waals surface area contributed by atoms with Gasteiger partial charge in [-0.05, 0) is 31.2 Å². The van der Waals surface area contributed by atoms with Crippen LogP contribution >= 0.6 is 0 Å². The summed E-state index contributed by atoms with van der Waals surface area (Å²) in [5, 5.41) is 9.64. The van der Waals surface area contributed by atoms with Gasteiger partial charge in [0, 0.05) is 11.6 Å². The van der Waals surface area contributed by atoms with E-state index in [1.54, 1.807) is 0 Å². The van der Waals surface area contributed by atoms with Crippen molar-refractivity contribution in [2.45, 2.75) is 25.9 Å². The summed E-state index contributed by atoms with van der Waals surface area (Å²) >= 11 is 0. The van der Waals surface area contributed by atoms with E-state index in [-0.39, 0.29) is 16.5 Å². The number of ether oxygens (including phenoxy) is 1. The molecule has 0 saturated heterocycles. The Labute approximate surface area is 165 Å². The summed E-state index contributed by atoms with van der Waals surface area (Å²) in [5.74, 6) is -3.18. The third-order valence-corrected chi connectivity index (χ3v) is 4.03. The van der Waals surface area contributed by atoms with E-state index in [0.717, 1.165) is 24.3 Å². The van der Waals surface area contributed by atoms with Crippen molar-refractivity contribution in [2.24, 2.45) is 0 Å². The number of amides is 1. The molecule has 7 nitrogen and oxygen atoms in total. The molecule has 158 valence electrons. The maximum atomic E-state index is 14.1. The maximum Gasteiger partial charge on any atom is 0.573 e. The van der Waals surface area contributed by atoms with Gasteiger partial charge in [0.25, 0.3) is 5.56 Å². The van der Waals surface area contributed by atoms with E-state index >= 15 is 0 Å². The average Bonchev–Trinajstić information content (AvgIpc) is 2.63. The molecule has 0 bridgehead atoms. The van der Waals surface area contributed by atoms with Gasteiger partial charge in [0.05, 0.1) is 11.4 Å². The van der Waals surface area contributed by atoms with E-state index in [2.05, 4.69) is 20.4 Å². The van der Waals surface area contributed by atoms with Crippen molar-refractivity contribution in [1.82, 2.24) is 20.3 Å². The second-order valence-corrected chi connectivity index (χ2v) is 6.23. The van der Waals surface area contributed by atoms with Gasteiger partial charge in [-0.2, -0.15) is 0 Å². The highest BCUT2D eigenvalue weighted by Crippen LogP contribution is 2.26. The molecule has 1 amide bonds. The van der Waals surface area contributed by atoms with Gasteiger partial charge in [-0.25, -0.2) is 13.5 Å². The van der Waals surface area contributed by atoms with Crippen LogP contribution in [0.5, 0.6) is 5.75 Å². The largest absolute Gasteiger partial charge is 0.573 e. The Morgan fingerprint density at radius 2 is 1.93 bits per heavy atom. The van der Waals surface area contributed by atoms with E-state index in [0.29, 0.717) is 10.7 Å². The van der Waals surface area contributed by atoms with E-state index < -0.39 is 47.8 Å². The number of carbonyl (C=O) groups excluding carboxylic acids is 1. The van der Waals surface area contributed by atoms with Crippen LogP contribution in [0.15, 0.2) is 41.2 Å². The summed E-state index contributed by atoms with van der Waals surface area (Å²) in [6, 6.07) is 4.87. The number of hydrogen-bond acceptors (Lipinski definition) is 5. The lowest BCUT2D eigenvalue weighted by atomic mass is 10.1. The summed E-state index contributed by atoms with van der Waals surface area (Å²) < 4.78 is 68.4. The van der Waals surface area contributed by atoms with Gasteiger partial charge in [-0.15, -0.1) is 18.3 Å². The Bertz CT molecular complexity index is 1160. The van der Waals surface area contributed by atoms with Gasteiger partial charge in [0.1, 0.15) is 29.4 Å². The van der Waals surface area contributed by atoms with Crippen LogP contribution in [0, 0.1) is 11.6 Å². The molecular formula is C18H13F5N4O3. The van der Waals surface area contributed by atoms with Crippen LogP contribution < -0.4 is 15.6 Å². The normalized spacial score (nSPS) is 12.6. The fourth-order valence-corrected chi connectivity index (χ4v) is 2.71. The number of nitrogens with zero attached hydrogens (tertiary/aromatic N) is 3. The highest BCUT2D eigenvalue weighted by atomic mass is 19.4. The molecule has 1 N–H and O–H groups in total. The van der Waals surface area contributed by atoms with Gasteiger partial charge in [0.2, 0.25) is 5.91 Å². The van der Waals surface area contributed by atoms with Crippen molar-refractivity contribution in [2.75, 3.05) is 0 Å². The Kier molecular flexibility index (Phi) is 5.67. The van der Waals surface area contributed by atoms with Crippen LogP contribution in [0.25, 0.3) is 10.9 Å². The molecule has 0 fully saturated rings. The molecule has 0 unspecified atom stereocenters. The monoisotopic (exact) mass is 428 g/mol. The molecule has 3 rings (SSSR count). The van der Waals surface area contributed by atoms with Crippen molar-refractivity contribution in [3.8, 4) is 5.75 Å². The van der Waals surface area contributed by atoms with Gasteiger partial charge in [-0.1, -0.05) is 11.3 Å². The van der Waals surface area contributed by atoms with Crippen molar-refractivity contribution in [3.63, 3.8) is 0 Å². The molecule has 3 aromatic rings. The summed E-state index contributed by atoms with van der Waals surface area (Å²) in [6.45, 7) is 0.810. The Morgan fingerprint density at radius 3 is 2.60 bits per heavy atom. The minimum absolute atomic E-state index is 0.0721. The van der Waals surface area contributed by atoms with E-state index in [1.165, 1.54) is 13.0 Å². The van der Waals surface area contributed by atoms with E-state index in [1.807, 2.05) is 0 Å². The number of rotatable bonds is 5. The number of hydrogen-bond donors (Lipinski definition) is 1. The lowest BCUT2D eigenvalue weighted by Gasteiger charge is -2.16. The molecule has 1 heterocycles. The van der Waals surface area contributed by atoms with Crippen LogP contribution in [0.4, 0.5) is 22.0 Å². The van der Waals surface area contributed by atoms with Gasteiger partial charge >= 0.3 is 6.36 Å². The number of halogens is 5. The Balaban J connectivity index is 1.73. The molecule has 12 heteroatoms. The van der Waals surface area contributed by atoms with Gasteiger partial charge in [0.15, 0.2) is 0 Å². The highest BCUT2D eigenvalue weighted by Gasteiger charge is 2.31. The summed E-state index contributed by atoms with van der Waals surface area (Å²) in [7, 11) is 0. The second-order valence-electron chi connectivity index (χ2n) is 6.23. The molecule has 0 aliphatic carbocycles. The first kappa shape index (κ1) is 21.1. The third kappa shape index (κ3) is 4.88. The number of aromatic nitrogens is 3. The lowest BCUT2D eigenvalue weighted by Crippen LogP contribution is -2.35.